The second-order valence-electron chi connectivity index (χ2n) is 4.04. The van der Waals surface area contributed by atoms with Gasteiger partial charge in [0.25, 0.3) is 6.47 Å². The van der Waals surface area contributed by atoms with Crippen molar-refractivity contribution in [1.29, 1.82) is 0 Å². The smallest absolute Gasteiger partial charge is 0.290 e. The molecule has 1 saturated carbocycles. The number of carbonyl (C=O) groups is 1. The lowest BCUT2D eigenvalue weighted by Crippen LogP contribution is -2.28. The molecule has 0 heterocycles. The second-order valence-corrected chi connectivity index (χ2v) is 4.04. The van der Waals surface area contributed by atoms with Crippen molar-refractivity contribution in [2.45, 2.75) is 39.2 Å². The molecule has 0 aromatic rings. The van der Waals surface area contributed by atoms with Gasteiger partial charge in [-0.2, -0.15) is 0 Å². The van der Waals surface area contributed by atoms with Crippen molar-refractivity contribution in [3.05, 3.63) is 12.2 Å². The first-order valence-corrected chi connectivity index (χ1v) is 4.94. The Balaban J connectivity index is 0.000000500. The van der Waals surface area contributed by atoms with Gasteiger partial charge in [-0.05, 0) is 32.1 Å². The first-order chi connectivity index (χ1) is 6.52. The average molecular weight is 200 g/mol. The molecule has 1 aliphatic carbocycles. The van der Waals surface area contributed by atoms with Crippen LogP contribution >= 0.6 is 0 Å². The fourth-order valence-corrected chi connectivity index (χ4v) is 1.93. The van der Waals surface area contributed by atoms with Gasteiger partial charge in [0, 0.05) is 5.92 Å². The van der Waals surface area contributed by atoms with E-state index < -0.39 is 0 Å². The molecule has 0 bridgehead atoms. The Kier molecular flexibility index (Phi) is 6.21. The van der Waals surface area contributed by atoms with E-state index in [1.807, 2.05) is 6.92 Å². The van der Waals surface area contributed by atoms with Crippen molar-refractivity contribution in [3.63, 3.8) is 0 Å². The van der Waals surface area contributed by atoms with Crippen molar-refractivity contribution >= 4 is 6.47 Å². The molecule has 3 heteroatoms. The summed E-state index contributed by atoms with van der Waals surface area (Å²) in [5, 5.41) is 16.5. The zero-order chi connectivity index (χ0) is 11.1. The number of hydrogen-bond acceptors (Lipinski definition) is 2. The number of aliphatic hydroxyl groups excluding tert-OH is 1. The number of carboxylic acid groups (broad SMARTS) is 1. The Morgan fingerprint density at radius 1 is 1.50 bits per heavy atom. The first-order valence-electron chi connectivity index (χ1n) is 4.94. The zero-order valence-corrected chi connectivity index (χ0v) is 8.94. The van der Waals surface area contributed by atoms with Crippen LogP contribution in [0.1, 0.15) is 33.1 Å². The summed E-state index contributed by atoms with van der Waals surface area (Å²) in [4.78, 5) is 8.36. The largest absolute Gasteiger partial charge is 0.483 e. The summed E-state index contributed by atoms with van der Waals surface area (Å²) in [6.45, 7) is 7.87. The van der Waals surface area contributed by atoms with Gasteiger partial charge in [0.05, 0.1) is 6.10 Å². The van der Waals surface area contributed by atoms with Crippen molar-refractivity contribution < 1.29 is 15.0 Å². The van der Waals surface area contributed by atoms with Crippen molar-refractivity contribution in [1.82, 2.24) is 0 Å². The molecular weight excluding hydrogens is 180 g/mol. The third-order valence-corrected chi connectivity index (χ3v) is 2.71. The SMILES string of the molecule is C=C(C)[C@@H]1CC[C@@H](C)C[C@H]1O.O=CO. The molecule has 1 rings (SSSR count). The molecule has 0 saturated heterocycles. The van der Waals surface area contributed by atoms with Crippen LogP contribution in [0.4, 0.5) is 0 Å². The van der Waals surface area contributed by atoms with E-state index in [0.717, 1.165) is 18.4 Å². The third kappa shape index (κ3) is 4.42. The van der Waals surface area contributed by atoms with E-state index in [0.29, 0.717) is 11.8 Å². The van der Waals surface area contributed by atoms with E-state index in [1.54, 1.807) is 0 Å². The minimum Gasteiger partial charge on any atom is -0.483 e. The van der Waals surface area contributed by atoms with Crippen LogP contribution in [0.3, 0.4) is 0 Å². The predicted molar refractivity (Wildman–Crippen MR) is 56.0 cm³/mol. The molecule has 0 aliphatic heterocycles. The van der Waals surface area contributed by atoms with Crippen LogP contribution in [0.5, 0.6) is 0 Å². The molecule has 1 fully saturated rings. The fraction of sp³-hybridized carbons (Fsp3) is 0.727. The monoisotopic (exact) mass is 200 g/mol. The van der Waals surface area contributed by atoms with Crippen molar-refractivity contribution in [2.75, 3.05) is 0 Å². The van der Waals surface area contributed by atoms with Gasteiger partial charge < -0.3 is 10.2 Å². The molecule has 0 unspecified atom stereocenters. The molecular formula is C11H20O3. The Morgan fingerprint density at radius 2 is 2.00 bits per heavy atom. The van der Waals surface area contributed by atoms with Gasteiger partial charge in [-0.1, -0.05) is 19.1 Å². The number of aliphatic hydroxyl groups is 1. The van der Waals surface area contributed by atoms with Gasteiger partial charge in [0.1, 0.15) is 0 Å². The predicted octanol–water partition coefficient (Wildman–Crippen LogP) is 2.06. The minimum absolute atomic E-state index is 0.128. The molecule has 3 nitrogen and oxygen atoms in total. The van der Waals surface area contributed by atoms with Gasteiger partial charge in [0.2, 0.25) is 0 Å². The Bertz CT molecular complexity index is 189. The fourth-order valence-electron chi connectivity index (χ4n) is 1.93. The highest BCUT2D eigenvalue weighted by Crippen LogP contribution is 2.32. The van der Waals surface area contributed by atoms with Gasteiger partial charge in [-0.15, -0.1) is 0 Å². The normalized spacial score (nSPS) is 31.2. The summed E-state index contributed by atoms with van der Waals surface area (Å²) >= 11 is 0. The standard InChI is InChI=1S/C10H18O.CH2O2/c1-7(2)9-5-4-8(3)6-10(9)11;2-1-3/h8-11H,1,4-6H2,2-3H3;1H,(H,2,3)/t8-,9+,10-;/m1./s1. The van der Waals surface area contributed by atoms with E-state index in [2.05, 4.69) is 13.5 Å². The van der Waals surface area contributed by atoms with Crippen molar-refractivity contribution in [3.8, 4) is 0 Å². The Morgan fingerprint density at radius 3 is 2.36 bits per heavy atom. The maximum atomic E-state index is 9.65. The molecule has 0 aromatic heterocycles. The lowest BCUT2D eigenvalue weighted by Gasteiger charge is -2.31. The maximum Gasteiger partial charge on any atom is 0.290 e. The second kappa shape index (κ2) is 6.60. The van der Waals surface area contributed by atoms with E-state index in [-0.39, 0.29) is 12.6 Å². The highest BCUT2D eigenvalue weighted by Gasteiger charge is 2.26. The van der Waals surface area contributed by atoms with Gasteiger partial charge >= 0.3 is 0 Å². The molecule has 2 N–H and O–H groups in total. The number of hydrogen-bond donors (Lipinski definition) is 2. The molecule has 14 heavy (non-hydrogen) atoms. The maximum absolute atomic E-state index is 9.65. The van der Waals surface area contributed by atoms with Crippen LogP contribution in [0.2, 0.25) is 0 Å². The quantitative estimate of drug-likeness (QED) is 0.503. The van der Waals surface area contributed by atoms with E-state index in [4.69, 9.17) is 9.90 Å². The lowest BCUT2D eigenvalue weighted by atomic mass is 9.78. The van der Waals surface area contributed by atoms with Gasteiger partial charge in [-0.3, -0.25) is 4.79 Å². The number of rotatable bonds is 1. The third-order valence-electron chi connectivity index (χ3n) is 2.71. The van der Waals surface area contributed by atoms with Crippen molar-refractivity contribution in [2.24, 2.45) is 11.8 Å². The van der Waals surface area contributed by atoms with Crippen LogP contribution in [-0.2, 0) is 4.79 Å². The van der Waals surface area contributed by atoms with Crippen LogP contribution in [0.15, 0.2) is 12.2 Å². The summed E-state index contributed by atoms with van der Waals surface area (Å²) in [5.74, 6) is 1.06. The summed E-state index contributed by atoms with van der Waals surface area (Å²) in [6.07, 6.45) is 3.19. The van der Waals surface area contributed by atoms with Gasteiger partial charge in [-0.25, -0.2) is 0 Å². The summed E-state index contributed by atoms with van der Waals surface area (Å²) in [7, 11) is 0. The Labute approximate surface area is 85.4 Å². The Hall–Kier alpha value is -0.830. The molecule has 82 valence electrons. The van der Waals surface area contributed by atoms with E-state index >= 15 is 0 Å². The molecule has 0 amide bonds. The molecule has 3 atom stereocenters. The van der Waals surface area contributed by atoms with E-state index in [1.165, 1.54) is 6.42 Å². The van der Waals surface area contributed by atoms with Crippen LogP contribution in [0.25, 0.3) is 0 Å². The van der Waals surface area contributed by atoms with Crippen LogP contribution in [0, 0.1) is 11.8 Å². The molecule has 1 aliphatic rings. The lowest BCUT2D eigenvalue weighted by molar-refractivity contribution is -0.122. The molecule has 0 radical (unpaired) electrons. The summed E-state index contributed by atoms with van der Waals surface area (Å²) in [5.41, 5.74) is 1.14. The molecule has 0 spiro atoms. The highest BCUT2D eigenvalue weighted by molar-refractivity contribution is 5.32. The summed E-state index contributed by atoms with van der Waals surface area (Å²) in [6, 6.07) is 0. The topological polar surface area (TPSA) is 57.5 Å². The first kappa shape index (κ1) is 13.2. The minimum atomic E-state index is -0.250. The zero-order valence-electron chi connectivity index (χ0n) is 8.94. The van der Waals surface area contributed by atoms with Crippen LogP contribution < -0.4 is 0 Å². The van der Waals surface area contributed by atoms with Gasteiger partial charge in [0.15, 0.2) is 0 Å². The summed E-state index contributed by atoms with van der Waals surface area (Å²) < 4.78 is 0. The highest BCUT2D eigenvalue weighted by atomic mass is 16.3. The van der Waals surface area contributed by atoms with Crippen LogP contribution in [-0.4, -0.2) is 22.8 Å². The molecule has 0 aromatic carbocycles. The van der Waals surface area contributed by atoms with E-state index in [9.17, 15) is 5.11 Å². The average Bonchev–Trinajstić information content (AvgIpc) is 2.04.